The largest absolute Gasteiger partial charge is 0.496 e. The van der Waals surface area contributed by atoms with Crippen LogP contribution < -0.4 is 4.74 Å². The minimum atomic E-state index is -0.141. The lowest BCUT2D eigenvalue weighted by atomic mass is 10.1. The van der Waals surface area contributed by atoms with Crippen molar-refractivity contribution in [1.82, 2.24) is 0 Å². The van der Waals surface area contributed by atoms with E-state index >= 15 is 0 Å². The van der Waals surface area contributed by atoms with Crippen molar-refractivity contribution in [3.63, 3.8) is 0 Å². The van der Waals surface area contributed by atoms with Gasteiger partial charge in [0.2, 0.25) is 0 Å². The van der Waals surface area contributed by atoms with Gasteiger partial charge in [0.05, 0.1) is 12.1 Å². The fourth-order valence-electron chi connectivity index (χ4n) is 1.75. The second-order valence-corrected chi connectivity index (χ2v) is 5.39. The van der Waals surface area contributed by atoms with Crippen molar-refractivity contribution in [3.05, 3.63) is 69.2 Å². The summed E-state index contributed by atoms with van der Waals surface area (Å²) in [7, 11) is 1.59. The summed E-state index contributed by atoms with van der Waals surface area (Å²) in [5.74, 6) is 0.564. The molecule has 20 heavy (non-hydrogen) atoms. The van der Waals surface area contributed by atoms with Crippen molar-refractivity contribution in [1.29, 1.82) is 0 Å². The van der Waals surface area contributed by atoms with Crippen molar-refractivity contribution >= 4 is 39.4 Å². The van der Waals surface area contributed by atoms with Gasteiger partial charge >= 0.3 is 0 Å². The van der Waals surface area contributed by atoms with E-state index in [1.807, 2.05) is 18.2 Å². The molecular weight excluding hydrogens is 340 g/mol. The first-order valence-electron chi connectivity index (χ1n) is 5.92. The van der Waals surface area contributed by atoms with Gasteiger partial charge < -0.3 is 4.74 Å². The van der Waals surface area contributed by atoms with Crippen molar-refractivity contribution in [2.75, 3.05) is 7.11 Å². The molecule has 0 heterocycles. The van der Waals surface area contributed by atoms with E-state index in [9.17, 15) is 4.79 Å². The zero-order valence-electron chi connectivity index (χ0n) is 10.8. The molecule has 0 aliphatic carbocycles. The first kappa shape index (κ1) is 14.8. The SMILES string of the molecule is COc1ccc(Br)cc1C=CC(=O)c1ccccc1Cl. The average Bonchev–Trinajstić information content (AvgIpc) is 2.45. The van der Waals surface area contributed by atoms with Crippen LogP contribution >= 0.6 is 27.5 Å². The molecule has 2 rings (SSSR count). The Morgan fingerprint density at radius 1 is 1.25 bits per heavy atom. The number of hydrogen-bond donors (Lipinski definition) is 0. The van der Waals surface area contributed by atoms with Crippen LogP contribution in [0.15, 0.2) is 53.0 Å². The summed E-state index contributed by atoms with van der Waals surface area (Å²) in [4.78, 5) is 12.1. The topological polar surface area (TPSA) is 26.3 Å². The van der Waals surface area contributed by atoms with Crippen LogP contribution in [-0.2, 0) is 0 Å². The van der Waals surface area contributed by atoms with E-state index in [2.05, 4.69) is 15.9 Å². The highest BCUT2D eigenvalue weighted by Gasteiger charge is 2.07. The summed E-state index contributed by atoms with van der Waals surface area (Å²) in [6, 6.07) is 12.6. The van der Waals surface area contributed by atoms with Gasteiger partial charge in [-0.05, 0) is 42.5 Å². The van der Waals surface area contributed by atoms with Crippen LogP contribution in [0.2, 0.25) is 5.02 Å². The summed E-state index contributed by atoms with van der Waals surface area (Å²) in [6.45, 7) is 0. The number of methoxy groups -OCH3 is 1. The first-order chi connectivity index (χ1) is 9.61. The summed E-state index contributed by atoms with van der Waals surface area (Å²) < 4.78 is 6.17. The number of halogens is 2. The molecule has 4 heteroatoms. The Morgan fingerprint density at radius 2 is 2.00 bits per heavy atom. The summed E-state index contributed by atoms with van der Waals surface area (Å²) in [5.41, 5.74) is 1.31. The minimum absolute atomic E-state index is 0.141. The first-order valence-corrected chi connectivity index (χ1v) is 7.09. The zero-order valence-corrected chi connectivity index (χ0v) is 13.1. The molecule has 0 aromatic heterocycles. The van der Waals surface area contributed by atoms with E-state index in [0.717, 1.165) is 10.0 Å². The smallest absolute Gasteiger partial charge is 0.187 e. The van der Waals surface area contributed by atoms with Crippen molar-refractivity contribution in [3.8, 4) is 5.75 Å². The number of ether oxygens (including phenoxy) is 1. The van der Waals surface area contributed by atoms with Crippen molar-refractivity contribution in [2.45, 2.75) is 0 Å². The van der Waals surface area contributed by atoms with Gasteiger partial charge in [-0.15, -0.1) is 0 Å². The monoisotopic (exact) mass is 350 g/mol. The van der Waals surface area contributed by atoms with Crippen LogP contribution in [0.1, 0.15) is 15.9 Å². The Bertz CT molecular complexity index is 665. The maximum absolute atomic E-state index is 12.1. The highest BCUT2D eigenvalue weighted by molar-refractivity contribution is 9.10. The Hall–Kier alpha value is -1.58. The molecule has 0 atom stereocenters. The molecule has 2 aromatic carbocycles. The van der Waals surface area contributed by atoms with Gasteiger partial charge in [-0.25, -0.2) is 0 Å². The van der Waals surface area contributed by atoms with E-state index in [1.165, 1.54) is 6.08 Å². The van der Waals surface area contributed by atoms with Gasteiger partial charge in [-0.1, -0.05) is 39.7 Å². The van der Waals surface area contributed by atoms with E-state index in [0.29, 0.717) is 16.3 Å². The predicted molar refractivity (Wildman–Crippen MR) is 85.5 cm³/mol. The molecule has 0 bridgehead atoms. The van der Waals surface area contributed by atoms with Crippen LogP contribution in [0, 0.1) is 0 Å². The van der Waals surface area contributed by atoms with Crippen LogP contribution in [-0.4, -0.2) is 12.9 Å². The molecule has 2 nitrogen and oxygen atoms in total. The van der Waals surface area contributed by atoms with Crippen LogP contribution in [0.4, 0.5) is 0 Å². The Morgan fingerprint density at radius 3 is 2.70 bits per heavy atom. The number of ketones is 1. The average molecular weight is 352 g/mol. The standard InChI is InChI=1S/C16H12BrClO2/c1-20-16-9-7-12(17)10-11(16)6-8-15(19)13-4-2-3-5-14(13)18/h2-10H,1H3. The van der Waals surface area contributed by atoms with Crippen LogP contribution in [0.25, 0.3) is 6.08 Å². The van der Waals surface area contributed by atoms with Crippen molar-refractivity contribution < 1.29 is 9.53 Å². The lowest BCUT2D eigenvalue weighted by Crippen LogP contribution is -1.95. The highest BCUT2D eigenvalue weighted by Crippen LogP contribution is 2.24. The molecule has 0 aliphatic rings. The maximum atomic E-state index is 12.1. The van der Waals surface area contributed by atoms with Gasteiger partial charge in [-0.3, -0.25) is 4.79 Å². The van der Waals surface area contributed by atoms with Gasteiger partial charge in [0.15, 0.2) is 5.78 Å². The summed E-state index contributed by atoms with van der Waals surface area (Å²) in [5, 5.41) is 0.448. The Kier molecular flexibility index (Phi) is 4.99. The Balaban J connectivity index is 2.28. The molecule has 102 valence electrons. The number of carbonyl (C=O) groups excluding carboxylic acids is 1. The van der Waals surface area contributed by atoms with E-state index in [-0.39, 0.29) is 5.78 Å². The molecular formula is C16H12BrClO2. The highest BCUT2D eigenvalue weighted by atomic mass is 79.9. The van der Waals surface area contributed by atoms with Crippen LogP contribution in [0.3, 0.4) is 0 Å². The fraction of sp³-hybridized carbons (Fsp3) is 0.0625. The molecule has 0 unspecified atom stereocenters. The quantitative estimate of drug-likeness (QED) is 0.572. The molecule has 0 radical (unpaired) electrons. The molecule has 0 aliphatic heterocycles. The third kappa shape index (κ3) is 3.50. The van der Waals surface area contributed by atoms with E-state index in [4.69, 9.17) is 16.3 Å². The number of benzene rings is 2. The molecule has 0 saturated heterocycles. The number of allylic oxidation sites excluding steroid dienone is 1. The number of carbonyl (C=O) groups is 1. The number of hydrogen-bond acceptors (Lipinski definition) is 2. The molecule has 2 aromatic rings. The molecule has 0 amide bonds. The molecule has 0 N–H and O–H groups in total. The predicted octanol–water partition coefficient (Wildman–Crippen LogP) is 5.01. The molecule has 0 fully saturated rings. The second kappa shape index (κ2) is 6.73. The van der Waals surface area contributed by atoms with Gasteiger partial charge in [-0.2, -0.15) is 0 Å². The van der Waals surface area contributed by atoms with Gasteiger partial charge in [0.1, 0.15) is 5.75 Å². The minimum Gasteiger partial charge on any atom is -0.496 e. The third-order valence-electron chi connectivity index (χ3n) is 2.75. The van der Waals surface area contributed by atoms with E-state index in [1.54, 1.807) is 37.5 Å². The van der Waals surface area contributed by atoms with Gasteiger partial charge in [0.25, 0.3) is 0 Å². The normalized spacial score (nSPS) is 10.8. The second-order valence-electron chi connectivity index (χ2n) is 4.06. The zero-order chi connectivity index (χ0) is 14.5. The van der Waals surface area contributed by atoms with Crippen molar-refractivity contribution in [2.24, 2.45) is 0 Å². The van der Waals surface area contributed by atoms with Crippen LogP contribution in [0.5, 0.6) is 5.75 Å². The summed E-state index contributed by atoms with van der Waals surface area (Å²) in [6.07, 6.45) is 3.21. The number of rotatable bonds is 4. The molecule has 0 spiro atoms. The molecule has 0 saturated carbocycles. The summed E-state index contributed by atoms with van der Waals surface area (Å²) >= 11 is 9.39. The lowest BCUT2D eigenvalue weighted by molar-refractivity contribution is 0.104. The Labute approximate surface area is 131 Å². The third-order valence-corrected chi connectivity index (χ3v) is 3.57. The van der Waals surface area contributed by atoms with Gasteiger partial charge in [0, 0.05) is 15.6 Å². The fourth-order valence-corrected chi connectivity index (χ4v) is 2.36. The van der Waals surface area contributed by atoms with E-state index < -0.39 is 0 Å². The lowest BCUT2D eigenvalue weighted by Gasteiger charge is -2.05. The maximum Gasteiger partial charge on any atom is 0.187 e.